The van der Waals surface area contributed by atoms with Gasteiger partial charge in [0.15, 0.2) is 0 Å². The number of likely N-dealkylation sites (tertiary alicyclic amines) is 1. The number of piperidine rings is 1. The molecule has 2 atom stereocenters. The molecule has 2 aliphatic rings. The summed E-state index contributed by atoms with van der Waals surface area (Å²) in [6, 6.07) is 7.30. The third-order valence-corrected chi connectivity index (χ3v) is 5.48. The molecule has 24 heavy (non-hydrogen) atoms. The molecule has 2 fully saturated rings. The van der Waals surface area contributed by atoms with Gasteiger partial charge in [-0.2, -0.15) is 0 Å². The van der Waals surface area contributed by atoms with Crippen molar-refractivity contribution in [3.63, 3.8) is 0 Å². The van der Waals surface area contributed by atoms with E-state index in [0.717, 1.165) is 44.3 Å². The van der Waals surface area contributed by atoms with Crippen molar-refractivity contribution in [2.75, 3.05) is 13.1 Å². The number of amides is 1. The van der Waals surface area contributed by atoms with Crippen molar-refractivity contribution in [1.82, 2.24) is 25.1 Å². The van der Waals surface area contributed by atoms with Crippen LogP contribution in [0.2, 0.25) is 0 Å². The Kier molecular flexibility index (Phi) is 3.80. The van der Waals surface area contributed by atoms with Crippen LogP contribution in [0.3, 0.4) is 0 Å². The maximum atomic E-state index is 12.8. The number of nitrogens with zero attached hydrogens (tertiary/aromatic N) is 5. The highest BCUT2D eigenvalue weighted by Crippen LogP contribution is 2.45. The standard InChI is InChI=1S/C17H21N5O2/c23-15-3-1-8-17(15)9-2-10-21(11-17)16(24)13-4-6-14(7-5-13)22-12-18-19-20-22/h4-7,12,15,23H,1-3,8-11H2/t15-,17+/m1/s1. The minimum atomic E-state index is -0.268. The molecule has 1 saturated heterocycles. The second-order valence-electron chi connectivity index (χ2n) is 6.90. The highest BCUT2D eigenvalue weighted by Gasteiger charge is 2.45. The summed E-state index contributed by atoms with van der Waals surface area (Å²) in [5.41, 5.74) is 1.40. The average molecular weight is 327 g/mol. The number of aromatic nitrogens is 4. The van der Waals surface area contributed by atoms with Gasteiger partial charge in [0.05, 0.1) is 11.8 Å². The van der Waals surface area contributed by atoms with E-state index in [4.69, 9.17) is 0 Å². The highest BCUT2D eigenvalue weighted by atomic mass is 16.3. The Morgan fingerprint density at radius 3 is 2.67 bits per heavy atom. The van der Waals surface area contributed by atoms with Gasteiger partial charge in [0.2, 0.25) is 0 Å². The summed E-state index contributed by atoms with van der Waals surface area (Å²) in [4.78, 5) is 14.7. The molecule has 0 radical (unpaired) electrons. The minimum absolute atomic E-state index is 0.0384. The summed E-state index contributed by atoms with van der Waals surface area (Å²) in [5.74, 6) is 0.0384. The van der Waals surface area contributed by atoms with Crippen molar-refractivity contribution < 1.29 is 9.90 Å². The van der Waals surface area contributed by atoms with Crippen LogP contribution >= 0.6 is 0 Å². The van der Waals surface area contributed by atoms with Gasteiger partial charge < -0.3 is 10.0 Å². The Labute approximate surface area is 140 Å². The Hall–Kier alpha value is -2.28. The molecule has 7 heteroatoms. The topological polar surface area (TPSA) is 84.1 Å². The second kappa shape index (κ2) is 5.98. The molecule has 2 aromatic rings. The third kappa shape index (κ3) is 2.58. The van der Waals surface area contributed by atoms with E-state index in [0.29, 0.717) is 12.1 Å². The monoisotopic (exact) mass is 327 g/mol. The van der Waals surface area contributed by atoms with Gasteiger partial charge in [-0.15, -0.1) is 5.10 Å². The lowest BCUT2D eigenvalue weighted by Crippen LogP contribution is -2.49. The van der Waals surface area contributed by atoms with Gasteiger partial charge in [0.25, 0.3) is 5.91 Å². The van der Waals surface area contributed by atoms with E-state index in [9.17, 15) is 9.90 Å². The summed E-state index contributed by atoms with van der Waals surface area (Å²) in [7, 11) is 0. The predicted octanol–water partition coefficient (Wildman–Crippen LogP) is 1.43. The molecule has 1 saturated carbocycles. The molecule has 1 N–H and O–H groups in total. The zero-order chi connectivity index (χ0) is 16.6. The molecule has 1 aliphatic carbocycles. The molecule has 7 nitrogen and oxygen atoms in total. The average Bonchev–Trinajstić information content (AvgIpc) is 3.26. The number of benzene rings is 1. The molecule has 1 amide bonds. The lowest BCUT2D eigenvalue weighted by Gasteiger charge is -2.42. The Morgan fingerprint density at radius 2 is 2.00 bits per heavy atom. The maximum Gasteiger partial charge on any atom is 0.253 e. The molecule has 1 aromatic carbocycles. The van der Waals surface area contributed by atoms with Crippen molar-refractivity contribution in [3.8, 4) is 5.69 Å². The summed E-state index contributed by atoms with van der Waals surface area (Å²) in [6.07, 6.45) is 6.19. The number of carbonyl (C=O) groups is 1. The first-order valence-electron chi connectivity index (χ1n) is 8.49. The number of carbonyl (C=O) groups excluding carboxylic acids is 1. The first-order chi connectivity index (χ1) is 11.7. The second-order valence-corrected chi connectivity index (χ2v) is 6.90. The Balaban J connectivity index is 1.51. The Morgan fingerprint density at radius 1 is 1.21 bits per heavy atom. The van der Waals surface area contributed by atoms with E-state index in [2.05, 4.69) is 15.5 Å². The van der Waals surface area contributed by atoms with Crippen LogP contribution in [-0.2, 0) is 0 Å². The van der Waals surface area contributed by atoms with Crippen LogP contribution in [0.1, 0.15) is 42.5 Å². The normalized spacial score (nSPS) is 26.9. The molecule has 1 aliphatic heterocycles. The summed E-state index contributed by atoms with van der Waals surface area (Å²) < 4.78 is 1.55. The number of hydrogen-bond donors (Lipinski definition) is 1. The molecule has 0 unspecified atom stereocenters. The van der Waals surface area contributed by atoms with Crippen molar-refractivity contribution in [2.45, 2.75) is 38.2 Å². The van der Waals surface area contributed by atoms with Crippen molar-refractivity contribution in [1.29, 1.82) is 0 Å². The van der Waals surface area contributed by atoms with Crippen LogP contribution in [0, 0.1) is 5.41 Å². The van der Waals surface area contributed by atoms with Gasteiger partial charge in [-0.3, -0.25) is 4.79 Å². The van der Waals surface area contributed by atoms with Crippen LogP contribution in [0.5, 0.6) is 0 Å². The van der Waals surface area contributed by atoms with Crippen molar-refractivity contribution in [2.24, 2.45) is 5.41 Å². The summed E-state index contributed by atoms with van der Waals surface area (Å²) in [5, 5.41) is 21.4. The fourth-order valence-corrected chi connectivity index (χ4v) is 4.15. The fraction of sp³-hybridized carbons (Fsp3) is 0.529. The summed E-state index contributed by atoms with van der Waals surface area (Å²) >= 11 is 0. The van der Waals surface area contributed by atoms with Crippen LogP contribution in [0.4, 0.5) is 0 Å². The minimum Gasteiger partial charge on any atom is -0.392 e. The lowest BCUT2D eigenvalue weighted by molar-refractivity contribution is -0.00535. The zero-order valence-corrected chi connectivity index (χ0v) is 13.5. The van der Waals surface area contributed by atoms with Crippen molar-refractivity contribution in [3.05, 3.63) is 36.2 Å². The number of rotatable bonds is 2. The lowest BCUT2D eigenvalue weighted by atomic mass is 9.76. The highest BCUT2D eigenvalue weighted by molar-refractivity contribution is 5.94. The molecular formula is C17H21N5O2. The van der Waals surface area contributed by atoms with Crippen molar-refractivity contribution >= 4 is 5.91 Å². The van der Waals surface area contributed by atoms with Crippen LogP contribution in [0.15, 0.2) is 30.6 Å². The smallest absolute Gasteiger partial charge is 0.253 e. The Bertz CT molecular complexity index is 715. The SMILES string of the molecule is O=C(c1ccc(-n2cnnn2)cc1)N1CCC[C@@]2(CCC[C@H]2O)C1. The predicted molar refractivity (Wildman–Crippen MR) is 86.6 cm³/mol. The van der Waals surface area contributed by atoms with E-state index in [1.54, 1.807) is 4.68 Å². The van der Waals surface area contributed by atoms with E-state index in [-0.39, 0.29) is 17.4 Å². The number of aliphatic hydroxyl groups is 1. The van der Waals surface area contributed by atoms with Gasteiger partial charge in [0.1, 0.15) is 6.33 Å². The number of hydrogen-bond acceptors (Lipinski definition) is 5. The molecule has 4 rings (SSSR count). The molecule has 126 valence electrons. The number of aliphatic hydroxyl groups excluding tert-OH is 1. The molecule has 2 heterocycles. The maximum absolute atomic E-state index is 12.8. The van der Waals surface area contributed by atoms with Crippen LogP contribution in [0.25, 0.3) is 5.69 Å². The fourth-order valence-electron chi connectivity index (χ4n) is 4.15. The van der Waals surface area contributed by atoms with Gasteiger partial charge in [-0.05, 0) is 60.4 Å². The third-order valence-electron chi connectivity index (χ3n) is 5.48. The van der Waals surface area contributed by atoms with E-state index in [1.807, 2.05) is 29.2 Å². The molecule has 0 bridgehead atoms. The van der Waals surface area contributed by atoms with Gasteiger partial charge in [0, 0.05) is 24.1 Å². The van der Waals surface area contributed by atoms with Crippen LogP contribution in [-0.4, -0.2) is 55.3 Å². The van der Waals surface area contributed by atoms with E-state index < -0.39 is 0 Å². The molecule has 1 spiro atoms. The van der Waals surface area contributed by atoms with Crippen LogP contribution < -0.4 is 0 Å². The van der Waals surface area contributed by atoms with E-state index >= 15 is 0 Å². The largest absolute Gasteiger partial charge is 0.392 e. The molecular weight excluding hydrogens is 306 g/mol. The van der Waals surface area contributed by atoms with E-state index in [1.165, 1.54) is 6.33 Å². The first-order valence-corrected chi connectivity index (χ1v) is 8.49. The first kappa shape index (κ1) is 15.3. The van der Waals surface area contributed by atoms with Gasteiger partial charge in [-0.1, -0.05) is 6.42 Å². The zero-order valence-electron chi connectivity index (χ0n) is 13.5. The molecule has 1 aromatic heterocycles. The van der Waals surface area contributed by atoms with Gasteiger partial charge in [-0.25, -0.2) is 4.68 Å². The van der Waals surface area contributed by atoms with Gasteiger partial charge >= 0.3 is 0 Å². The summed E-state index contributed by atoms with van der Waals surface area (Å²) in [6.45, 7) is 1.43. The quantitative estimate of drug-likeness (QED) is 0.902. The number of tetrazole rings is 1.